The predicted molar refractivity (Wildman–Crippen MR) is 90.6 cm³/mol. The summed E-state index contributed by atoms with van der Waals surface area (Å²) in [5, 5.41) is 3.82. The average Bonchev–Trinajstić information content (AvgIpc) is 3.01. The first-order chi connectivity index (χ1) is 11.5. The number of benzene rings is 1. The van der Waals surface area contributed by atoms with Gasteiger partial charge in [0.15, 0.2) is 6.61 Å². The van der Waals surface area contributed by atoms with E-state index in [0.717, 1.165) is 18.2 Å². The molecule has 1 aromatic heterocycles. The minimum atomic E-state index is -0.619. The summed E-state index contributed by atoms with van der Waals surface area (Å²) in [6.07, 6.45) is 3.30. The Morgan fingerprint density at radius 1 is 1.25 bits per heavy atom. The maximum Gasteiger partial charge on any atom is 0.374 e. The molecule has 0 saturated heterocycles. The van der Waals surface area contributed by atoms with E-state index in [9.17, 15) is 9.59 Å². The second-order valence-corrected chi connectivity index (χ2v) is 6.67. The molecule has 3 rings (SSSR count). The maximum absolute atomic E-state index is 12.1. The summed E-state index contributed by atoms with van der Waals surface area (Å²) >= 11 is 0. The molecule has 1 saturated carbocycles. The van der Waals surface area contributed by atoms with E-state index in [1.165, 1.54) is 6.42 Å². The highest BCUT2D eigenvalue weighted by molar-refractivity contribution is 5.93. The lowest BCUT2D eigenvalue weighted by molar-refractivity contribution is -0.125. The van der Waals surface area contributed by atoms with Crippen LogP contribution in [-0.2, 0) is 9.53 Å². The van der Waals surface area contributed by atoms with Crippen molar-refractivity contribution < 1.29 is 18.7 Å². The van der Waals surface area contributed by atoms with Crippen LogP contribution in [-0.4, -0.2) is 24.5 Å². The molecule has 5 heteroatoms. The van der Waals surface area contributed by atoms with Crippen molar-refractivity contribution >= 4 is 22.8 Å². The van der Waals surface area contributed by atoms with E-state index in [-0.39, 0.29) is 24.3 Å². The summed E-state index contributed by atoms with van der Waals surface area (Å²) < 4.78 is 10.5. The molecule has 0 spiro atoms. The first-order valence-electron chi connectivity index (χ1n) is 8.49. The van der Waals surface area contributed by atoms with Gasteiger partial charge in [0, 0.05) is 11.4 Å². The highest BCUT2D eigenvalue weighted by Gasteiger charge is 2.28. The highest BCUT2D eigenvalue weighted by atomic mass is 16.5. The molecular weight excluding hydrogens is 306 g/mol. The molecule has 1 aromatic carbocycles. The monoisotopic (exact) mass is 329 g/mol. The third kappa shape index (κ3) is 3.61. The van der Waals surface area contributed by atoms with Gasteiger partial charge in [0.25, 0.3) is 5.91 Å². The van der Waals surface area contributed by atoms with E-state index in [1.807, 2.05) is 18.2 Å². The van der Waals surface area contributed by atoms with Gasteiger partial charge >= 0.3 is 5.97 Å². The van der Waals surface area contributed by atoms with Gasteiger partial charge in [-0.05, 0) is 30.4 Å². The van der Waals surface area contributed by atoms with Crippen LogP contribution in [0.2, 0.25) is 0 Å². The number of para-hydroxylation sites is 1. The molecule has 3 atom stereocenters. The van der Waals surface area contributed by atoms with Crippen LogP contribution in [0.5, 0.6) is 0 Å². The molecular formula is C19H23NO4. The molecule has 0 radical (unpaired) electrons. The zero-order chi connectivity index (χ0) is 17.1. The molecule has 0 unspecified atom stereocenters. The normalized spacial score (nSPS) is 23.8. The summed E-state index contributed by atoms with van der Waals surface area (Å²) in [4.78, 5) is 24.1. The van der Waals surface area contributed by atoms with E-state index < -0.39 is 5.97 Å². The molecule has 24 heavy (non-hydrogen) atoms. The van der Waals surface area contributed by atoms with Crippen molar-refractivity contribution in [3.63, 3.8) is 0 Å². The van der Waals surface area contributed by atoms with E-state index in [0.29, 0.717) is 17.4 Å². The lowest BCUT2D eigenvalue weighted by atomic mass is 9.78. The Kier molecular flexibility index (Phi) is 4.88. The van der Waals surface area contributed by atoms with Gasteiger partial charge in [-0.15, -0.1) is 0 Å². The van der Waals surface area contributed by atoms with Crippen molar-refractivity contribution in [1.29, 1.82) is 0 Å². The van der Waals surface area contributed by atoms with Crippen molar-refractivity contribution in [3.05, 3.63) is 36.1 Å². The Morgan fingerprint density at radius 3 is 2.83 bits per heavy atom. The SMILES string of the molecule is C[C@@H]1[C@H](C)CCC[C@H]1NC(=O)COC(=O)c1cc2ccccc2o1. The Morgan fingerprint density at radius 2 is 2.04 bits per heavy atom. The number of amides is 1. The standard InChI is InChI=1S/C19H23NO4/c1-12-6-5-8-15(13(12)2)20-18(21)11-23-19(22)17-10-14-7-3-4-9-16(14)24-17/h3-4,7,9-10,12-13,15H,5-6,8,11H2,1-2H3,(H,20,21)/t12-,13-,15-/m1/s1. The smallest absolute Gasteiger partial charge is 0.374 e. The summed E-state index contributed by atoms with van der Waals surface area (Å²) in [7, 11) is 0. The van der Waals surface area contributed by atoms with Gasteiger partial charge in [0.2, 0.25) is 5.76 Å². The van der Waals surface area contributed by atoms with Crippen molar-refractivity contribution in [2.45, 2.75) is 39.2 Å². The Labute approximate surface area is 141 Å². The Balaban J connectivity index is 1.53. The molecule has 128 valence electrons. The third-order valence-corrected chi connectivity index (χ3v) is 5.01. The lowest BCUT2D eigenvalue weighted by Crippen LogP contribution is -2.45. The van der Waals surface area contributed by atoms with E-state index in [4.69, 9.17) is 9.15 Å². The molecule has 1 fully saturated rings. The molecule has 2 aromatic rings. The van der Waals surface area contributed by atoms with Crippen LogP contribution in [0, 0.1) is 11.8 Å². The number of rotatable bonds is 4. The predicted octanol–water partition coefficient (Wildman–Crippen LogP) is 3.53. The fourth-order valence-electron chi connectivity index (χ4n) is 3.32. The summed E-state index contributed by atoms with van der Waals surface area (Å²) in [5.74, 6) is 0.274. The van der Waals surface area contributed by atoms with Gasteiger partial charge in [-0.2, -0.15) is 0 Å². The van der Waals surface area contributed by atoms with E-state index in [2.05, 4.69) is 19.2 Å². The first kappa shape index (κ1) is 16.6. The molecule has 0 aliphatic heterocycles. The van der Waals surface area contributed by atoms with Gasteiger partial charge in [-0.1, -0.05) is 44.9 Å². The number of fused-ring (bicyclic) bond motifs is 1. The number of nitrogens with one attached hydrogen (secondary N) is 1. The second kappa shape index (κ2) is 7.07. The molecule has 1 heterocycles. The zero-order valence-corrected chi connectivity index (χ0v) is 14.1. The van der Waals surface area contributed by atoms with Crippen LogP contribution in [0.4, 0.5) is 0 Å². The third-order valence-electron chi connectivity index (χ3n) is 5.01. The van der Waals surface area contributed by atoms with Crippen LogP contribution in [0.15, 0.2) is 34.7 Å². The summed E-state index contributed by atoms with van der Waals surface area (Å²) in [6.45, 7) is 4.09. The molecule has 1 aliphatic carbocycles. The van der Waals surface area contributed by atoms with Gasteiger partial charge < -0.3 is 14.5 Å². The first-order valence-corrected chi connectivity index (χ1v) is 8.49. The quantitative estimate of drug-likeness (QED) is 0.871. The highest BCUT2D eigenvalue weighted by Crippen LogP contribution is 2.29. The number of hydrogen-bond acceptors (Lipinski definition) is 4. The molecule has 1 amide bonds. The summed E-state index contributed by atoms with van der Waals surface area (Å²) in [6, 6.07) is 9.12. The molecule has 1 aliphatic rings. The number of esters is 1. The maximum atomic E-state index is 12.1. The molecule has 0 bridgehead atoms. The largest absolute Gasteiger partial charge is 0.450 e. The fraction of sp³-hybridized carbons (Fsp3) is 0.474. The van der Waals surface area contributed by atoms with Gasteiger partial charge in [-0.25, -0.2) is 4.79 Å². The number of carbonyl (C=O) groups is 2. The van der Waals surface area contributed by atoms with E-state index >= 15 is 0 Å². The van der Waals surface area contributed by atoms with Crippen molar-refractivity contribution in [2.75, 3.05) is 6.61 Å². The van der Waals surface area contributed by atoms with Crippen LogP contribution in [0.3, 0.4) is 0 Å². The Hall–Kier alpha value is -2.30. The van der Waals surface area contributed by atoms with Crippen molar-refractivity contribution in [2.24, 2.45) is 11.8 Å². The average molecular weight is 329 g/mol. The second-order valence-electron chi connectivity index (χ2n) is 6.67. The van der Waals surface area contributed by atoms with Crippen LogP contribution >= 0.6 is 0 Å². The minimum absolute atomic E-state index is 0.114. The van der Waals surface area contributed by atoms with E-state index in [1.54, 1.807) is 12.1 Å². The topological polar surface area (TPSA) is 68.5 Å². The number of hydrogen-bond donors (Lipinski definition) is 1. The van der Waals surface area contributed by atoms with Gasteiger partial charge in [0.05, 0.1) is 0 Å². The van der Waals surface area contributed by atoms with Crippen molar-refractivity contribution in [1.82, 2.24) is 5.32 Å². The summed E-state index contributed by atoms with van der Waals surface area (Å²) in [5.41, 5.74) is 0.624. The van der Waals surface area contributed by atoms with Crippen LogP contribution < -0.4 is 5.32 Å². The van der Waals surface area contributed by atoms with Gasteiger partial charge in [-0.3, -0.25) is 4.79 Å². The van der Waals surface area contributed by atoms with Crippen LogP contribution in [0.1, 0.15) is 43.7 Å². The lowest BCUT2D eigenvalue weighted by Gasteiger charge is -2.34. The number of ether oxygens (including phenoxy) is 1. The Bertz CT molecular complexity index is 703. The van der Waals surface area contributed by atoms with Gasteiger partial charge in [0.1, 0.15) is 5.58 Å². The number of furan rings is 1. The number of carbonyl (C=O) groups excluding carboxylic acids is 2. The molecule has 5 nitrogen and oxygen atoms in total. The van der Waals surface area contributed by atoms with Crippen molar-refractivity contribution in [3.8, 4) is 0 Å². The minimum Gasteiger partial charge on any atom is -0.450 e. The zero-order valence-electron chi connectivity index (χ0n) is 14.1. The fourth-order valence-corrected chi connectivity index (χ4v) is 3.32. The van der Waals surface area contributed by atoms with Crippen LogP contribution in [0.25, 0.3) is 11.0 Å². The molecule has 1 N–H and O–H groups in total.